The van der Waals surface area contributed by atoms with E-state index in [-0.39, 0.29) is 18.0 Å². The maximum atomic E-state index is 11.7. The summed E-state index contributed by atoms with van der Waals surface area (Å²) in [5, 5.41) is 12.6. The molecule has 0 atom stereocenters. The summed E-state index contributed by atoms with van der Waals surface area (Å²) in [6.45, 7) is 10.6. The molecular formula is C13H24N6O2. The lowest BCUT2D eigenvalue weighted by Crippen LogP contribution is -2.43. The first kappa shape index (κ1) is 16.9. The first-order valence-electron chi connectivity index (χ1n) is 6.92. The van der Waals surface area contributed by atoms with Crippen molar-refractivity contribution in [2.24, 2.45) is 4.99 Å². The highest BCUT2D eigenvalue weighted by Crippen LogP contribution is 1.98. The van der Waals surface area contributed by atoms with Crippen LogP contribution < -0.4 is 16.0 Å². The maximum absolute atomic E-state index is 11.7. The number of aliphatic imine (C=N–C) groups is 1. The summed E-state index contributed by atoms with van der Waals surface area (Å²) in [6.07, 6.45) is 0. The number of carbonyl (C=O) groups excluding carboxylic acids is 1. The molecule has 0 bridgehead atoms. The number of rotatable bonds is 5. The third-order valence-electron chi connectivity index (χ3n) is 2.22. The van der Waals surface area contributed by atoms with Gasteiger partial charge in [0.25, 0.3) is 0 Å². The van der Waals surface area contributed by atoms with Crippen LogP contribution in [0.15, 0.2) is 9.52 Å². The van der Waals surface area contributed by atoms with E-state index in [4.69, 9.17) is 4.52 Å². The lowest BCUT2D eigenvalue weighted by Gasteiger charge is -2.19. The molecule has 0 aliphatic carbocycles. The molecule has 118 valence electrons. The molecule has 0 aliphatic rings. The summed E-state index contributed by atoms with van der Waals surface area (Å²) in [4.78, 5) is 20.0. The van der Waals surface area contributed by atoms with Crippen molar-refractivity contribution >= 4 is 11.9 Å². The minimum Gasteiger partial charge on any atom is -0.357 e. The third kappa shape index (κ3) is 7.28. The van der Waals surface area contributed by atoms with Crippen molar-refractivity contribution in [1.29, 1.82) is 0 Å². The highest BCUT2D eigenvalue weighted by molar-refractivity contribution is 5.85. The van der Waals surface area contributed by atoms with Crippen LogP contribution in [0.25, 0.3) is 0 Å². The molecule has 0 saturated heterocycles. The van der Waals surface area contributed by atoms with Crippen LogP contribution in [-0.2, 0) is 11.3 Å². The number of carbonyl (C=O) groups is 1. The topological polar surface area (TPSA) is 104 Å². The zero-order valence-corrected chi connectivity index (χ0v) is 13.3. The number of aryl methyl sites for hydroxylation is 1. The summed E-state index contributed by atoms with van der Waals surface area (Å²) < 4.78 is 5.00. The highest BCUT2D eigenvalue weighted by atomic mass is 16.5. The molecule has 1 aromatic heterocycles. The van der Waals surface area contributed by atoms with Crippen LogP contribution in [0.4, 0.5) is 0 Å². The van der Waals surface area contributed by atoms with Gasteiger partial charge in [0.1, 0.15) is 6.54 Å². The van der Waals surface area contributed by atoms with Crippen molar-refractivity contribution in [1.82, 2.24) is 26.1 Å². The van der Waals surface area contributed by atoms with Gasteiger partial charge in [-0.15, -0.1) is 0 Å². The predicted molar refractivity (Wildman–Crippen MR) is 79.7 cm³/mol. The Morgan fingerprint density at radius 2 is 2.05 bits per heavy atom. The van der Waals surface area contributed by atoms with Crippen molar-refractivity contribution in [3.05, 3.63) is 11.7 Å². The third-order valence-corrected chi connectivity index (χ3v) is 2.22. The number of amides is 1. The zero-order chi connectivity index (χ0) is 15.9. The second-order valence-electron chi connectivity index (χ2n) is 5.58. The molecule has 3 N–H and O–H groups in total. The van der Waals surface area contributed by atoms with Gasteiger partial charge in [-0.2, -0.15) is 4.98 Å². The van der Waals surface area contributed by atoms with Gasteiger partial charge in [-0.25, -0.2) is 4.99 Å². The lowest BCUT2D eigenvalue weighted by molar-refractivity contribution is -0.121. The Hall–Kier alpha value is -2.12. The van der Waals surface area contributed by atoms with Crippen molar-refractivity contribution < 1.29 is 9.32 Å². The maximum Gasteiger partial charge on any atom is 0.246 e. The fourth-order valence-corrected chi connectivity index (χ4v) is 1.52. The number of nitrogens with one attached hydrogen (secondary N) is 3. The van der Waals surface area contributed by atoms with E-state index in [1.807, 2.05) is 27.7 Å². The van der Waals surface area contributed by atoms with E-state index in [0.29, 0.717) is 30.8 Å². The molecule has 21 heavy (non-hydrogen) atoms. The fourth-order valence-electron chi connectivity index (χ4n) is 1.52. The zero-order valence-electron chi connectivity index (χ0n) is 13.3. The molecule has 0 radical (unpaired) electrons. The number of hydrogen-bond donors (Lipinski definition) is 3. The molecule has 0 aromatic carbocycles. The Morgan fingerprint density at radius 1 is 1.33 bits per heavy atom. The van der Waals surface area contributed by atoms with Crippen LogP contribution in [0.2, 0.25) is 0 Å². The van der Waals surface area contributed by atoms with Gasteiger partial charge in [-0.1, -0.05) is 5.16 Å². The number of hydrogen-bond acceptors (Lipinski definition) is 5. The minimum absolute atomic E-state index is 0.0511. The number of nitrogens with zero attached hydrogens (tertiary/aromatic N) is 3. The molecule has 8 heteroatoms. The van der Waals surface area contributed by atoms with Gasteiger partial charge in [0, 0.05) is 12.1 Å². The minimum atomic E-state index is -0.264. The van der Waals surface area contributed by atoms with Gasteiger partial charge in [0.05, 0.1) is 6.54 Å². The Morgan fingerprint density at radius 3 is 2.57 bits per heavy atom. The van der Waals surface area contributed by atoms with E-state index in [2.05, 4.69) is 31.1 Å². The number of guanidine groups is 1. The molecule has 8 nitrogen and oxygen atoms in total. The van der Waals surface area contributed by atoms with E-state index in [1.54, 1.807) is 6.92 Å². The summed E-state index contributed by atoms with van der Waals surface area (Å²) in [7, 11) is 0. The molecule has 0 fully saturated rings. The van der Waals surface area contributed by atoms with Gasteiger partial charge >= 0.3 is 0 Å². The molecular weight excluding hydrogens is 272 g/mol. The van der Waals surface area contributed by atoms with Crippen LogP contribution in [-0.4, -0.2) is 40.6 Å². The SMILES string of the molecule is CCNC(=NCC(=O)NC(C)(C)C)NCc1nc(C)no1. The smallest absolute Gasteiger partial charge is 0.246 e. The summed E-state index contributed by atoms with van der Waals surface area (Å²) >= 11 is 0. The van der Waals surface area contributed by atoms with Crippen molar-refractivity contribution in [2.45, 2.75) is 46.7 Å². The van der Waals surface area contributed by atoms with Gasteiger partial charge in [-0.3, -0.25) is 4.79 Å². The van der Waals surface area contributed by atoms with Crippen molar-refractivity contribution in [2.75, 3.05) is 13.1 Å². The summed E-state index contributed by atoms with van der Waals surface area (Å²) in [6, 6.07) is 0. The van der Waals surface area contributed by atoms with Crippen LogP contribution >= 0.6 is 0 Å². The van der Waals surface area contributed by atoms with E-state index < -0.39 is 0 Å². The predicted octanol–water partition coefficient (Wildman–Crippen LogP) is 0.348. The standard InChI is InChI=1S/C13H24N6O2/c1-6-14-12(15-7-10(20)18-13(3,4)5)16-8-11-17-9(2)19-21-11/h6-8H2,1-5H3,(H,18,20)(H2,14,15,16). The van der Waals surface area contributed by atoms with Crippen LogP contribution in [0, 0.1) is 6.92 Å². The normalized spacial score (nSPS) is 12.1. The van der Waals surface area contributed by atoms with Gasteiger partial charge < -0.3 is 20.5 Å². The first-order valence-corrected chi connectivity index (χ1v) is 6.92. The highest BCUT2D eigenvalue weighted by Gasteiger charge is 2.13. The van der Waals surface area contributed by atoms with Crippen LogP contribution in [0.5, 0.6) is 0 Å². The number of aromatic nitrogens is 2. The summed E-state index contributed by atoms with van der Waals surface area (Å²) in [5.74, 6) is 1.45. The Labute approximate surface area is 124 Å². The lowest BCUT2D eigenvalue weighted by atomic mass is 10.1. The van der Waals surface area contributed by atoms with Gasteiger partial charge in [-0.05, 0) is 34.6 Å². The second kappa shape index (κ2) is 7.61. The van der Waals surface area contributed by atoms with Crippen molar-refractivity contribution in [3.63, 3.8) is 0 Å². The molecule has 0 saturated carbocycles. The monoisotopic (exact) mass is 296 g/mol. The molecule has 1 rings (SSSR count). The second-order valence-corrected chi connectivity index (χ2v) is 5.58. The Balaban J connectivity index is 2.51. The molecule has 1 aromatic rings. The summed E-state index contributed by atoms with van der Waals surface area (Å²) in [5.41, 5.74) is -0.264. The van der Waals surface area contributed by atoms with Gasteiger partial charge in [0.15, 0.2) is 11.8 Å². The van der Waals surface area contributed by atoms with Crippen LogP contribution in [0.3, 0.4) is 0 Å². The Bertz CT molecular complexity index is 489. The van der Waals surface area contributed by atoms with Gasteiger partial charge in [0.2, 0.25) is 11.8 Å². The van der Waals surface area contributed by atoms with E-state index >= 15 is 0 Å². The molecule has 0 aliphatic heterocycles. The average Bonchev–Trinajstić information content (AvgIpc) is 2.76. The van der Waals surface area contributed by atoms with Crippen molar-refractivity contribution in [3.8, 4) is 0 Å². The largest absolute Gasteiger partial charge is 0.357 e. The quantitative estimate of drug-likeness (QED) is 0.535. The molecule has 1 amide bonds. The fraction of sp³-hybridized carbons (Fsp3) is 0.692. The van der Waals surface area contributed by atoms with E-state index in [1.165, 1.54) is 0 Å². The van der Waals surface area contributed by atoms with E-state index in [0.717, 1.165) is 0 Å². The average molecular weight is 296 g/mol. The van der Waals surface area contributed by atoms with Crippen LogP contribution in [0.1, 0.15) is 39.4 Å². The molecule has 1 heterocycles. The first-order chi connectivity index (χ1) is 9.80. The Kier molecular flexibility index (Phi) is 6.13. The molecule has 0 spiro atoms. The van der Waals surface area contributed by atoms with E-state index in [9.17, 15) is 4.79 Å². The molecule has 0 unspecified atom stereocenters.